The zero-order valence-corrected chi connectivity index (χ0v) is 22.3. The molecule has 4 rings (SSSR count). The van der Waals surface area contributed by atoms with Crippen LogP contribution in [0.2, 0.25) is 0 Å². The van der Waals surface area contributed by atoms with Gasteiger partial charge in [-0.2, -0.15) is 5.10 Å². The number of nitrogens with one attached hydrogen (secondary N) is 1. The van der Waals surface area contributed by atoms with Crippen LogP contribution in [0.3, 0.4) is 0 Å². The second kappa shape index (κ2) is 12.7. The maximum Gasteiger partial charge on any atom is 0.271 e. The molecule has 0 aliphatic carbocycles. The summed E-state index contributed by atoms with van der Waals surface area (Å²) in [6.45, 7) is 0.435. The molecule has 4 aromatic carbocycles. The number of hydrogen-bond acceptors (Lipinski definition) is 7. The summed E-state index contributed by atoms with van der Waals surface area (Å²) in [5.74, 6) is 0.162. The fourth-order valence-corrected chi connectivity index (χ4v) is 4.58. The van der Waals surface area contributed by atoms with E-state index in [1.807, 2.05) is 30.3 Å². The molecule has 10 nitrogen and oxygen atoms in total. The van der Waals surface area contributed by atoms with Gasteiger partial charge in [-0.15, -0.1) is 0 Å². The number of carbonyl (C=O) groups is 1. The van der Waals surface area contributed by atoms with Crippen molar-refractivity contribution in [1.29, 1.82) is 0 Å². The zero-order valence-electron chi connectivity index (χ0n) is 21.5. The molecule has 0 aromatic heterocycles. The molecular formula is C29H26N4O6S. The predicted octanol–water partition coefficient (Wildman–Crippen LogP) is 4.90. The Morgan fingerprint density at radius 3 is 2.17 bits per heavy atom. The van der Waals surface area contributed by atoms with Crippen LogP contribution >= 0.6 is 0 Å². The molecule has 0 atom stereocenters. The molecule has 1 amide bonds. The van der Waals surface area contributed by atoms with E-state index in [1.54, 1.807) is 60.7 Å². The van der Waals surface area contributed by atoms with Crippen LogP contribution in [0, 0.1) is 10.1 Å². The normalized spacial score (nSPS) is 11.2. The van der Waals surface area contributed by atoms with Crippen molar-refractivity contribution in [2.75, 3.05) is 10.6 Å². The fourth-order valence-electron chi connectivity index (χ4n) is 3.69. The van der Waals surface area contributed by atoms with Crippen molar-refractivity contribution in [3.05, 3.63) is 135 Å². The lowest BCUT2D eigenvalue weighted by Gasteiger charge is -2.22. The Balaban J connectivity index is 1.31. The lowest BCUT2D eigenvalue weighted by atomic mass is 10.2. The van der Waals surface area contributed by atoms with E-state index in [2.05, 4.69) is 10.5 Å². The predicted molar refractivity (Wildman–Crippen MR) is 153 cm³/mol. The number of non-ortho nitro benzene ring substituents is 1. The Morgan fingerprint density at radius 1 is 0.925 bits per heavy atom. The number of rotatable bonds is 11. The van der Waals surface area contributed by atoms with Crippen molar-refractivity contribution < 1.29 is 22.9 Å². The third-order valence-corrected chi connectivity index (χ3v) is 6.94. The number of ether oxygens (including phenoxy) is 1. The van der Waals surface area contributed by atoms with Crippen LogP contribution in [-0.2, 0) is 23.2 Å². The lowest BCUT2D eigenvalue weighted by Crippen LogP contribution is -2.29. The topological polar surface area (TPSA) is 131 Å². The van der Waals surface area contributed by atoms with Crippen LogP contribution in [-0.4, -0.2) is 31.7 Å². The van der Waals surface area contributed by atoms with E-state index in [0.717, 1.165) is 22.9 Å². The number of anilines is 1. The Hall–Kier alpha value is -5.03. The first-order valence-electron chi connectivity index (χ1n) is 12.1. The molecule has 11 heteroatoms. The van der Waals surface area contributed by atoms with Crippen molar-refractivity contribution in [3.63, 3.8) is 0 Å². The van der Waals surface area contributed by atoms with Gasteiger partial charge in [-0.25, -0.2) is 13.8 Å². The molecule has 0 aliphatic rings. The third kappa shape index (κ3) is 7.74. The highest BCUT2D eigenvalue weighted by Gasteiger charge is 2.18. The van der Waals surface area contributed by atoms with Crippen LogP contribution in [0.15, 0.2) is 108 Å². The molecule has 0 fully saturated rings. The van der Waals surface area contributed by atoms with E-state index < -0.39 is 20.9 Å². The highest BCUT2D eigenvalue weighted by Crippen LogP contribution is 2.21. The van der Waals surface area contributed by atoms with Crippen molar-refractivity contribution in [3.8, 4) is 5.75 Å². The monoisotopic (exact) mass is 558 g/mol. The van der Waals surface area contributed by atoms with Gasteiger partial charge >= 0.3 is 0 Å². The minimum atomic E-state index is -3.54. The van der Waals surface area contributed by atoms with E-state index in [4.69, 9.17) is 4.74 Å². The van der Waals surface area contributed by atoms with Gasteiger partial charge in [0.25, 0.3) is 11.6 Å². The summed E-state index contributed by atoms with van der Waals surface area (Å²) in [6, 6.07) is 28.7. The molecule has 0 unspecified atom stereocenters. The summed E-state index contributed by atoms with van der Waals surface area (Å²) in [5.41, 5.74) is 5.62. The van der Waals surface area contributed by atoms with Gasteiger partial charge < -0.3 is 4.74 Å². The summed E-state index contributed by atoms with van der Waals surface area (Å²) >= 11 is 0. The molecule has 0 bridgehead atoms. The number of nitrogens with zero attached hydrogens (tertiary/aromatic N) is 3. The first kappa shape index (κ1) is 28.0. The molecular weight excluding hydrogens is 532 g/mol. The number of amides is 1. The summed E-state index contributed by atoms with van der Waals surface area (Å²) in [7, 11) is -3.54. The lowest BCUT2D eigenvalue weighted by molar-refractivity contribution is -0.384. The average molecular weight is 559 g/mol. The largest absolute Gasteiger partial charge is 0.489 e. The van der Waals surface area contributed by atoms with Crippen molar-refractivity contribution in [2.24, 2.45) is 5.10 Å². The fraction of sp³-hybridized carbons (Fsp3) is 0.103. The third-order valence-electron chi connectivity index (χ3n) is 5.80. The van der Waals surface area contributed by atoms with Gasteiger partial charge in [-0.05, 0) is 77.4 Å². The maximum atomic E-state index is 12.5. The molecule has 40 heavy (non-hydrogen) atoms. The molecule has 1 N–H and O–H groups in total. The van der Waals surface area contributed by atoms with Crippen LogP contribution in [0.1, 0.15) is 27.0 Å². The molecule has 0 radical (unpaired) electrons. The highest BCUT2D eigenvalue weighted by molar-refractivity contribution is 7.92. The maximum absolute atomic E-state index is 12.5. The average Bonchev–Trinajstić information content (AvgIpc) is 2.96. The Labute approximate surface area is 231 Å². The van der Waals surface area contributed by atoms with Gasteiger partial charge in [-0.3, -0.25) is 19.2 Å². The molecule has 0 heterocycles. The molecule has 0 aliphatic heterocycles. The molecule has 204 valence electrons. The molecule has 4 aromatic rings. The Morgan fingerprint density at radius 2 is 1.57 bits per heavy atom. The van der Waals surface area contributed by atoms with Gasteiger partial charge in [0, 0.05) is 17.7 Å². The summed E-state index contributed by atoms with van der Waals surface area (Å²) < 4.78 is 31.8. The minimum Gasteiger partial charge on any atom is -0.489 e. The number of sulfonamides is 1. The van der Waals surface area contributed by atoms with Crippen LogP contribution in [0.4, 0.5) is 11.4 Å². The number of carbonyl (C=O) groups excluding carboxylic acids is 1. The first-order chi connectivity index (χ1) is 19.2. The SMILES string of the molecule is CS(=O)(=O)N(Cc1ccccc1)c1ccc(C(=O)N/N=C\c2ccc(OCc3ccc([N+](=O)[O-])cc3)cc2)cc1. The minimum absolute atomic E-state index is 0.0221. The number of nitro groups is 1. The van der Waals surface area contributed by atoms with E-state index in [9.17, 15) is 23.3 Å². The van der Waals surface area contributed by atoms with Gasteiger partial charge in [0.1, 0.15) is 12.4 Å². The molecule has 0 spiro atoms. The zero-order chi connectivity index (χ0) is 28.5. The first-order valence-corrected chi connectivity index (χ1v) is 14.0. The van der Waals surface area contributed by atoms with Crippen molar-refractivity contribution in [1.82, 2.24) is 5.43 Å². The number of benzene rings is 4. The van der Waals surface area contributed by atoms with Gasteiger partial charge in [0.15, 0.2) is 0 Å². The summed E-state index contributed by atoms with van der Waals surface area (Å²) in [5, 5.41) is 14.7. The number of nitro benzene ring substituents is 1. The van der Waals surface area contributed by atoms with Crippen LogP contribution in [0.5, 0.6) is 5.75 Å². The van der Waals surface area contributed by atoms with Gasteiger partial charge in [0.2, 0.25) is 10.0 Å². The smallest absolute Gasteiger partial charge is 0.271 e. The van der Waals surface area contributed by atoms with Crippen molar-refractivity contribution >= 4 is 33.5 Å². The van der Waals surface area contributed by atoms with Crippen molar-refractivity contribution in [2.45, 2.75) is 13.2 Å². The summed E-state index contributed by atoms with van der Waals surface area (Å²) in [4.78, 5) is 22.8. The quantitative estimate of drug-likeness (QED) is 0.158. The molecule has 0 saturated heterocycles. The van der Waals surface area contributed by atoms with E-state index in [-0.39, 0.29) is 18.8 Å². The number of hydrazone groups is 1. The molecule has 0 saturated carbocycles. The van der Waals surface area contributed by atoms with Gasteiger partial charge in [-0.1, -0.05) is 30.3 Å². The Bertz CT molecular complexity index is 1590. The van der Waals surface area contributed by atoms with Crippen LogP contribution < -0.4 is 14.5 Å². The Kier molecular flexibility index (Phi) is 8.87. The number of hydrogen-bond donors (Lipinski definition) is 1. The van der Waals surface area contributed by atoms with E-state index >= 15 is 0 Å². The van der Waals surface area contributed by atoms with E-state index in [1.165, 1.54) is 22.7 Å². The second-order valence-corrected chi connectivity index (χ2v) is 10.7. The highest BCUT2D eigenvalue weighted by atomic mass is 32.2. The van der Waals surface area contributed by atoms with Gasteiger partial charge in [0.05, 0.1) is 29.6 Å². The van der Waals surface area contributed by atoms with E-state index in [0.29, 0.717) is 17.0 Å². The van der Waals surface area contributed by atoms with Crippen LogP contribution in [0.25, 0.3) is 0 Å². The second-order valence-electron chi connectivity index (χ2n) is 8.78. The summed E-state index contributed by atoms with van der Waals surface area (Å²) in [6.07, 6.45) is 2.63. The standard InChI is InChI=1S/C29H26N4O6S/c1-40(37,38)32(20-23-5-3-2-4-6-23)26-15-11-25(12-16-26)29(34)31-30-19-22-9-17-28(18-10-22)39-21-24-7-13-27(14-8-24)33(35)36/h2-19H,20-21H2,1H3,(H,31,34)/b30-19-.